The third-order valence-corrected chi connectivity index (χ3v) is 6.93. The van der Waals surface area contributed by atoms with E-state index in [9.17, 15) is 4.79 Å². The minimum atomic E-state index is 0.0808. The highest BCUT2D eigenvalue weighted by Gasteiger charge is 2.24. The van der Waals surface area contributed by atoms with Crippen LogP contribution < -0.4 is 9.47 Å². The highest BCUT2D eigenvalue weighted by Crippen LogP contribution is 2.29. The number of carbonyl (C=O) groups is 1. The van der Waals surface area contributed by atoms with Gasteiger partial charge in [0.1, 0.15) is 18.1 Å². The molecule has 35 heavy (non-hydrogen) atoms. The molecule has 0 aliphatic carbocycles. The van der Waals surface area contributed by atoms with E-state index in [1.807, 2.05) is 47.4 Å². The molecule has 1 aliphatic rings. The molecule has 4 aromatic carbocycles. The summed E-state index contributed by atoms with van der Waals surface area (Å²) in [6, 6.07) is 30.5. The largest absolute Gasteiger partial charge is 0.496 e. The van der Waals surface area contributed by atoms with Gasteiger partial charge in [-0.3, -0.25) is 4.79 Å². The summed E-state index contributed by atoms with van der Waals surface area (Å²) in [5, 5.41) is 2.20. The van der Waals surface area contributed by atoms with Crippen LogP contribution in [0.2, 0.25) is 0 Å². The summed E-state index contributed by atoms with van der Waals surface area (Å²) in [5.41, 5.74) is 2.93. The summed E-state index contributed by atoms with van der Waals surface area (Å²) in [5.74, 6) is 2.25. The minimum absolute atomic E-state index is 0.0808. The zero-order valence-electron chi connectivity index (χ0n) is 20.2. The number of rotatable bonds is 7. The second-order valence-corrected chi connectivity index (χ2v) is 9.22. The highest BCUT2D eigenvalue weighted by molar-refractivity contribution is 5.94. The predicted octanol–water partition coefficient (Wildman–Crippen LogP) is 6.52. The lowest BCUT2D eigenvalue weighted by molar-refractivity contribution is 0.0690. The van der Waals surface area contributed by atoms with E-state index in [1.54, 1.807) is 7.11 Å². The molecule has 178 valence electrons. The first-order valence-corrected chi connectivity index (χ1v) is 12.3. The number of likely N-dealkylation sites (tertiary alicyclic amines) is 1. The van der Waals surface area contributed by atoms with E-state index in [4.69, 9.17) is 9.47 Å². The normalized spacial score (nSPS) is 14.1. The topological polar surface area (TPSA) is 38.8 Å². The van der Waals surface area contributed by atoms with Gasteiger partial charge in [0.05, 0.1) is 7.11 Å². The summed E-state index contributed by atoms with van der Waals surface area (Å²) >= 11 is 0. The molecule has 0 saturated carbocycles. The number of ether oxygens (including phenoxy) is 2. The maximum atomic E-state index is 13.3. The Morgan fingerprint density at radius 1 is 0.857 bits per heavy atom. The lowest BCUT2D eigenvalue weighted by Crippen LogP contribution is -2.39. The van der Waals surface area contributed by atoms with Gasteiger partial charge in [0.2, 0.25) is 0 Å². The van der Waals surface area contributed by atoms with E-state index >= 15 is 0 Å². The third-order valence-electron chi connectivity index (χ3n) is 6.93. The zero-order valence-corrected chi connectivity index (χ0v) is 20.2. The van der Waals surface area contributed by atoms with Crippen LogP contribution in [0.4, 0.5) is 0 Å². The lowest BCUT2D eigenvalue weighted by Gasteiger charge is -2.32. The number of fused-ring (bicyclic) bond motifs is 1. The second kappa shape index (κ2) is 10.6. The van der Waals surface area contributed by atoms with Gasteiger partial charge in [-0.25, -0.2) is 0 Å². The number of hydrogen-bond donors (Lipinski definition) is 0. The number of hydrogen-bond acceptors (Lipinski definition) is 3. The van der Waals surface area contributed by atoms with Crippen molar-refractivity contribution in [3.8, 4) is 11.5 Å². The van der Waals surface area contributed by atoms with Crippen LogP contribution in [0.5, 0.6) is 11.5 Å². The van der Waals surface area contributed by atoms with Crippen molar-refractivity contribution >= 4 is 16.7 Å². The molecule has 0 bridgehead atoms. The number of piperidine rings is 1. The van der Waals surface area contributed by atoms with E-state index in [-0.39, 0.29) is 5.91 Å². The van der Waals surface area contributed by atoms with Crippen LogP contribution in [0.25, 0.3) is 10.8 Å². The molecule has 0 atom stereocenters. The van der Waals surface area contributed by atoms with Gasteiger partial charge in [-0.1, -0.05) is 66.7 Å². The second-order valence-electron chi connectivity index (χ2n) is 9.22. The Bertz CT molecular complexity index is 1290. The average molecular weight is 466 g/mol. The van der Waals surface area contributed by atoms with Gasteiger partial charge < -0.3 is 14.4 Å². The van der Waals surface area contributed by atoms with Gasteiger partial charge in [-0.2, -0.15) is 0 Å². The summed E-state index contributed by atoms with van der Waals surface area (Å²) in [6.07, 6.45) is 3.16. The van der Waals surface area contributed by atoms with Crippen LogP contribution in [-0.4, -0.2) is 31.0 Å². The molecule has 1 fully saturated rings. The third kappa shape index (κ3) is 5.32. The fourth-order valence-corrected chi connectivity index (χ4v) is 4.97. The van der Waals surface area contributed by atoms with Crippen LogP contribution >= 0.6 is 0 Å². The van der Waals surface area contributed by atoms with Gasteiger partial charge >= 0.3 is 0 Å². The van der Waals surface area contributed by atoms with E-state index in [1.165, 1.54) is 5.56 Å². The van der Waals surface area contributed by atoms with Crippen molar-refractivity contribution in [2.24, 2.45) is 5.92 Å². The fourth-order valence-electron chi connectivity index (χ4n) is 4.97. The maximum Gasteiger partial charge on any atom is 0.253 e. The molecule has 0 unspecified atom stereocenters. The molecule has 5 rings (SSSR count). The molecule has 4 aromatic rings. The van der Waals surface area contributed by atoms with Crippen LogP contribution in [-0.2, 0) is 13.0 Å². The molecule has 1 amide bonds. The monoisotopic (exact) mass is 465 g/mol. The standard InChI is InChI=1S/C31H31NO3/c1-34-29-15-14-26(21-27(29)22-35-30-13-7-11-25-10-5-6-12-28(25)30)31(33)32-18-16-24(17-19-32)20-23-8-3-2-4-9-23/h2-15,21,24H,16-20,22H2,1H3. The van der Waals surface area contributed by atoms with Crippen LogP contribution in [0.1, 0.15) is 34.3 Å². The van der Waals surface area contributed by atoms with Gasteiger partial charge in [0, 0.05) is 29.6 Å². The molecule has 0 aromatic heterocycles. The SMILES string of the molecule is COc1ccc(C(=O)N2CCC(Cc3ccccc3)CC2)cc1COc1cccc2ccccc12. The first kappa shape index (κ1) is 23.0. The Morgan fingerprint density at radius 3 is 2.40 bits per heavy atom. The van der Waals surface area contributed by atoms with Crippen molar-refractivity contribution in [2.45, 2.75) is 25.9 Å². The van der Waals surface area contributed by atoms with Gasteiger partial charge in [0.15, 0.2) is 0 Å². The summed E-state index contributed by atoms with van der Waals surface area (Å²) in [6.45, 7) is 1.92. The van der Waals surface area contributed by atoms with E-state index < -0.39 is 0 Å². The van der Waals surface area contributed by atoms with E-state index in [2.05, 4.69) is 48.5 Å². The molecule has 4 heteroatoms. The Hall–Kier alpha value is -3.79. The number of nitrogens with zero attached hydrogens (tertiary/aromatic N) is 1. The van der Waals surface area contributed by atoms with Gasteiger partial charge in [-0.15, -0.1) is 0 Å². The van der Waals surface area contributed by atoms with Gasteiger partial charge in [0.25, 0.3) is 5.91 Å². The summed E-state index contributed by atoms with van der Waals surface area (Å²) < 4.78 is 11.8. The maximum absolute atomic E-state index is 13.3. The zero-order chi connectivity index (χ0) is 24.0. The molecular weight excluding hydrogens is 434 g/mol. The quantitative estimate of drug-likeness (QED) is 0.312. The number of benzene rings is 4. The minimum Gasteiger partial charge on any atom is -0.496 e. The van der Waals surface area contributed by atoms with Gasteiger partial charge in [-0.05, 0) is 60.4 Å². The first-order chi connectivity index (χ1) is 17.2. The molecule has 0 N–H and O–H groups in total. The van der Waals surface area contributed by atoms with E-state index in [0.717, 1.165) is 60.2 Å². The van der Waals surface area contributed by atoms with Crippen LogP contribution in [0, 0.1) is 5.92 Å². The smallest absolute Gasteiger partial charge is 0.253 e. The first-order valence-electron chi connectivity index (χ1n) is 12.3. The Labute approximate surface area is 207 Å². The molecular formula is C31H31NO3. The molecule has 4 nitrogen and oxygen atoms in total. The van der Waals surface area contributed by atoms with E-state index in [0.29, 0.717) is 18.1 Å². The van der Waals surface area contributed by atoms with Crippen LogP contribution in [0.15, 0.2) is 91.0 Å². The molecule has 1 aliphatic heterocycles. The van der Waals surface area contributed by atoms with Crippen LogP contribution in [0.3, 0.4) is 0 Å². The molecule has 1 heterocycles. The highest BCUT2D eigenvalue weighted by atomic mass is 16.5. The number of carbonyl (C=O) groups excluding carboxylic acids is 1. The Kier molecular flexibility index (Phi) is 6.99. The van der Waals surface area contributed by atoms with Crippen molar-refractivity contribution in [3.63, 3.8) is 0 Å². The average Bonchev–Trinajstić information content (AvgIpc) is 2.92. The van der Waals surface area contributed by atoms with Crippen molar-refractivity contribution in [1.82, 2.24) is 4.90 Å². The van der Waals surface area contributed by atoms with Crippen molar-refractivity contribution < 1.29 is 14.3 Å². The number of amides is 1. The van der Waals surface area contributed by atoms with Crippen molar-refractivity contribution in [2.75, 3.05) is 20.2 Å². The molecule has 0 radical (unpaired) electrons. The van der Waals surface area contributed by atoms with Crippen molar-refractivity contribution in [1.29, 1.82) is 0 Å². The Morgan fingerprint density at radius 2 is 1.60 bits per heavy atom. The lowest BCUT2D eigenvalue weighted by atomic mass is 9.90. The number of methoxy groups -OCH3 is 1. The molecule has 1 saturated heterocycles. The summed E-state index contributed by atoms with van der Waals surface area (Å²) in [7, 11) is 1.65. The summed E-state index contributed by atoms with van der Waals surface area (Å²) in [4.78, 5) is 15.3. The molecule has 0 spiro atoms. The van der Waals surface area contributed by atoms with Crippen molar-refractivity contribution in [3.05, 3.63) is 108 Å². The predicted molar refractivity (Wildman–Crippen MR) is 140 cm³/mol. The Balaban J connectivity index is 1.25. The fraction of sp³-hybridized carbons (Fsp3) is 0.258.